The van der Waals surface area contributed by atoms with Gasteiger partial charge in [0, 0.05) is 32.0 Å². The van der Waals surface area contributed by atoms with E-state index in [0.717, 1.165) is 18.4 Å². The van der Waals surface area contributed by atoms with Crippen LogP contribution in [0.3, 0.4) is 0 Å². The number of rotatable bonds is 3. The monoisotopic (exact) mass is 372 g/mol. The molecule has 27 heavy (non-hydrogen) atoms. The minimum Gasteiger partial charge on any atom is -0.445 e. The highest BCUT2D eigenvalue weighted by atomic mass is 16.6. The number of nitrogens with zero attached hydrogens (tertiary/aromatic N) is 2. The summed E-state index contributed by atoms with van der Waals surface area (Å²) >= 11 is 0. The van der Waals surface area contributed by atoms with E-state index in [1.54, 1.807) is 4.90 Å². The Morgan fingerprint density at radius 1 is 1.11 bits per heavy atom. The predicted octanol–water partition coefficient (Wildman–Crippen LogP) is 3.94. The zero-order chi connectivity index (χ0) is 18.7. The normalized spacial score (nSPS) is 22.7. The van der Waals surface area contributed by atoms with E-state index in [1.807, 2.05) is 35.2 Å². The van der Waals surface area contributed by atoms with E-state index in [4.69, 9.17) is 9.47 Å². The van der Waals surface area contributed by atoms with Gasteiger partial charge in [-0.2, -0.15) is 0 Å². The molecule has 4 rings (SSSR count). The third-order valence-electron chi connectivity index (χ3n) is 6.15. The fourth-order valence-electron chi connectivity index (χ4n) is 4.49. The Kier molecular flexibility index (Phi) is 5.23. The maximum Gasteiger partial charge on any atom is 0.410 e. The van der Waals surface area contributed by atoms with Crippen LogP contribution in [0.25, 0.3) is 0 Å². The van der Waals surface area contributed by atoms with Gasteiger partial charge in [0.25, 0.3) is 0 Å². The van der Waals surface area contributed by atoms with Gasteiger partial charge < -0.3 is 19.3 Å². The average Bonchev–Trinajstić information content (AvgIpc) is 3.04. The summed E-state index contributed by atoms with van der Waals surface area (Å²) in [6.07, 6.45) is 6.75. The second-order valence-corrected chi connectivity index (χ2v) is 8.00. The molecule has 1 saturated carbocycles. The van der Waals surface area contributed by atoms with Gasteiger partial charge in [0.15, 0.2) is 0 Å². The molecule has 1 spiro atoms. The minimum absolute atomic E-state index is 0.165. The number of carbonyl (C=O) groups excluding carboxylic acids is 2. The van der Waals surface area contributed by atoms with E-state index < -0.39 is 5.60 Å². The van der Waals surface area contributed by atoms with E-state index in [0.29, 0.717) is 38.5 Å². The molecule has 0 N–H and O–H groups in total. The third kappa shape index (κ3) is 4.04. The Bertz CT molecular complexity index is 664. The van der Waals surface area contributed by atoms with Crippen molar-refractivity contribution in [3.63, 3.8) is 0 Å². The first-order valence-electron chi connectivity index (χ1n) is 10.1. The first kappa shape index (κ1) is 18.1. The summed E-state index contributed by atoms with van der Waals surface area (Å²) < 4.78 is 11.2. The summed E-state index contributed by atoms with van der Waals surface area (Å²) in [4.78, 5) is 28.4. The van der Waals surface area contributed by atoms with Crippen LogP contribution in [0.4, 0.5) is 9.59 Å². The number of piperidine rings is 1. The molecule has 1 aromatic rings. The van der Waals surface area contributed by atoms with Crippen molar-refractivity contribution >= 4 is 12.2 Å². The first-order chi connectivity index (χ1) is 13.2. The highest BCUT2D eigenvalue weighted by Gasteiger charge is 2.49. The number of amides is 2. The molecule has 0 bridgehead atoms. The van der Waals surface area contributed by atoms with Crippen LogP contribution in [0.1, 0.15) is 50.5 Å². The molecule has 1 aromatic carbocycles. The topological polar surface area (TPSA) is 59.1 Å². The number of hydrogen-bond acceptors (Lipinski definition) is 4. The quantitative estimate of drug-likeness (QED) is 0.806. The largest absolute Gasteiger partial charge is 0.445 e. The van der Waals surface area contributed by atoms with Crippen molar-refractivity contribution in [3.05, 3.63) is 35.9 Å². The van der Waals surface area contributed by atoms with Gasteiger partial charge in [-0.1, -0.05) is 49.6 Å². The molecule has 0 radical (unpaired) electrons. The summed E-state index contributed by atoms with van der Waals surface area (Å²) in [6.45, 7) is 2.09. The highest BCUT2D eigenvalue weighted by Crippen LogP contribution is 2.36. The lowest BCUT2D eigenvalue weighted by Gasteiger charge is -2.37. The number of likely N-dealkylation sites (tertiary alicyclic amines) is 1. The van der Waals surface area contributed by atoms with E-state index >= 15 is 0 Å². The summed E-state index contributed by atoms with van der Waals surface area (Å²) in [5, 5.41) is 0. The summed E-state index contributed by atoms with van der Waals surface area (Å²) in [7, 11) is 0. The molecule has 2 aliphatic heterocycles. The number of hydrogen-bond donors (Lipinski definition) is 0. The van der Waals surface area contributed by atoms with Crippen molar-refractivity contribution in [1.29, 1.82) is 0 Å². The molecule has 2 heterocycles. The van der Waals surface area contributed by atoms with Crippen molar-refractivity contribution in [2.24, 2.45) is 0 Å². The van der Waals surface area contributed by atoms with Crippen LogP contribution in [0.15, 0.2) is 30.3 Å². The molecular formula is C21H28N2O4. The molecule has 3 fully saturated rings. The molecule has 146 valence electrons. The Morgan fingerprint density at radius 3 is 2.52 bits per heavy atom. The van der Waals surface area contributed by atoms with Crippen LogP contribution in [-0.2, 0) is 16.1 Å². The maximum atomic E-state index is 12.4. The van der Waals surface area contributed by atoms with Gasteiger partial charge in [0.1, 0.15) is 12.2 Å². The lowest BCUT2D eigenvalue weighted by Crippen LogP contribution is -2.49. The molecule has 2 amide bonds. The Labute approximate surface area is 160 Å². The molecule has 0 aromatic heterocycles. The summed E-state index contributed by atoms with van der Waals surface area (Å²) in [6, 6.07) is 10.0. The van der Waals surface area contributed by atoms with Gasteiger partial charge in [0.05, 0.1) is 6.54 Å². The van der Waals surface area contributed by atoms with Crippen molar-refractivity contribution in [2.45, 2.75) is 63.2 Å². The fraction of sp³-hybridized carbons (Fsp3) is 0.619. The van der Waals surface area contributed by atoms with E-state index in [9.17, 15) is 9.59 Å². The molecule has 0 unspecified atom stereocenters. The Hall–Kier alpha value is -2.24. The van der Waals surface area contributed by atoms with Crippen LogP contribution in [-0.4, -0.2) is 53.3 Å². The van der Waals surface area contributed by atoms with Crippen LogP contribution < -0.4 is 0 Å². The van der Waals surface area contributed by atoms with Gasteiger partial charge in [0.2, 0.25) is 0 Å². The first-order valence-corrected chi connectivity index (χ1v) is 10.1. The SMILES string of the molecule is O=C(OCc1ccccc1)N1CCC2(CC1)CN(C1CCCCC1)C(=O)O2. The smallest absolute Gasteiger partial charge is 0.410 e. The lowest BCUT2D eigenvalue weighted by molar-refractivity contribution is -0.00144. The second-order valence-electron chi connectivity index (χ2n) is 8.00. The second kappa shape index (κ2) is 7.79. The maximum absolute atomic E-state index is 12.4. The van der Waals surface area contributed by atoms with Gasteiger partial charge in [-0.3, -0.25) is 0 Å². The third-order valence-corrected chi connectivity index (χ3v) is 6.15. The average molecular weight is 372 g/mol. The zero-order valence-corrected chi connectivity index (χ0v) is 15.8. The highest BCUT2D eigenvalue weighted by molar-refractivity contribution is 5.71. The summed E-state index contributed by atoms with van der Waals surface area (Å²) in [5.41, 5.74) is 0.553. The van der Waals surface area contributed by atoms with Gasteiger partial charge in [-0.05, 0) is 18.4 Å². The van der Waals surface area contributed by atoms with Crippen molar-refractivity contribution in [1.82, 2.24) is 9.80 Å². The van der Waals surface area contributed by atoms with Crippen molar-refractivity contribution < 1.29 is 19.1 Å². The number of carbonyl (C=O) groups is 2. The number of benzene rings is 1. The van der Waals surface area contributed by atoms with Gasteiger partial charge in [-0.15, -0.1) is 0 Å². The number of ether oxygens (including phenoxy) is 2. The van der Waals surface area contributed by atoms with Crippen LogP contribution in [0, 0.1) is 0 Å². The van der Waals surface area contributed by atoms with E-state index in [2.05, 4.69) is 0 Å². The zero-order valence-electron chi connectivity index (χ0n) is 15.8. The summed E-state index contributed by atoms with van der Waals surface area (Å²) in [5.74, 6) is 0. The lowest BCUT2D eigenvalue weighted by atomic mass is 9.89. The predicted molar refractivity (Wildman–Crippen MR) is 100 cm³/mol. The molecule has 0 atom stereocenters. The molecule has 6 heteroatoms. The minimum atomic E-state index is -0.426. The fourth-order valence-corrected chi connectivity index (χ4v) is 4.49. The van der Waals surface area contributed by atoms with Crippen LogP contribution in [0.5, 0.6) is 0 Å². The molecule has 6 nitrogen and oxygen atoms in total. The van der Waals surface area contributed by atoms with Gasteiger partial charge >= 0.3 is 12.2 Å². The Morgan fingerprint density at radius 2 is 1.81 bits per heavy atom. The molecule has 2 saturated heterocycles. The van der Waals surface area contributed by atoms with Gasteiger partial charge in [-0.25, -0.2) is 9.59 Å². The van der Waals surface area contributed by atoms with Crippen LogP contribution >= 0.6 is 0 Å². The van der Waals surface area contributed by atoms with E-state index in [-0.39, 0.29) is 18.8 Å². The van der Waals surface area contributed by atoms with E-state index in [1.165, 1.54) is 19.3 Å². The van der Waals surface area contributed by atoms with Crippen LogP contribution in [0.2, 0.25) is 0 Å². The molecule has 3 aliphatic rings. The van der Waals surface area contributed by atoms with Crippen molar-refractivity contribution in [2.75, 3.05) is 19.6 Å². The molecular weight excluding hydrogens is 344 g/mol. The standard InChI is InChI=1S/C21H28N2O4/c24-19(26-15-17-7-3-1-4-8-17)22-13-11-21(12-14-22)16-23(20(25)27-21)18-9-5-2-6-10-18/h1,3-4,7-8,18H,2,5-6,9-16H2. The van der Waals surface area contributed by atoms with Crippen molar-refractivity contribution in [3.8, 4) is 0 Å². The molecule has 1 aliphatic carbocycles. The Balaban J connectivity index is 1.28.